The summed E-state index contributed by atoms with van der Waals surface area (Å²) in [7, 11) is 1.88. The first-order chi connectivity index (χ1) is 10.7. The molecular weight excluding hydrogens is 296 g/mol. The van der Waals surface area contributed by atoms with Gasteiger partial charge in [-0.05, 0) is 26.0 Å². The van der Waals surface area contributed by atoms with E-state index >= 15 is 0 Å². The lowest BCUT2D eigenvalue weighted by Crippen LogP contribution is -2.39. The third-order valence-electron chi connectivity index (χ3n) is 3.82. The first kappa shape index (κ1) is 15.4. The summed E-state index contributed by atoms with van der Waals surface area (Å²) in [6.45, 7) is 7.41. The number of anilines is 1. The third kappa shape index (κ3) is 3.45. The van der Waals surface area contributed by atoms with Crippen LogP contribution in [0.5, 0.6) is 0 Å². The lowest BCUT2D eigenvalue weighted by atomic mass is 10.2. The number of nitrogens with one attached hydrogen (secondary N) is 1. The Bertz CT molecular complexity index is 643. The highest BCUT2D eigenvalue weighted by Gasteiger charge is 2.27. The minimum atomic E-state index is 0.114. The molecule has 1 atom stereocenters. The van der Waals surface area contributed by atoms with Gasteiger partial charge in [0.2, 0.25) is 0 Å². The number of rotatable bonds is 4. The van der Waals surface area contributed by atoms with E-state index in [-0.39, 0.29) is 6.04 Å². The number of morpholine rings is 1. The second-order valence-electron chi connectivity index (χ2n) is 5.58. The predicted molar refractivity (Wildman–Crippen MR) is 89.3 cm³/mol. The van der Waals surface area contributed by atoms with Crippen molar-refractivity contribution < 1.29 is 4.74 Å². The zero-order chi connectivity index (χ0) is 15.5. The second-order valence-corrected chi connectivity index (χ2v) is 6.95. The SMILES string of the molecule is CNc1cc(C)nc([C@@H]2COCCN2Cc2ccc(C)s2)n1. The Hall–Kier alpha value is -1.50. The van der Waals surface area contributed by atoms with Crippen molar-refractivity contribution in [1.29, 1.82) is 0 Å². The summed E-state index contributed by atoms with van der Waals surface area (Å²) in [5.41, 5.74) is 0.979. The van der Waals surface area contributed by atoms with Crippen molar-refractivity contribution in [2.24, 2.45) is 0 Å². The van der Waals surface area contributed by atoms with Crippen LogP contribution in [0.2, 0.25) is 0 Å². The van der Waals surface area contributed by atoms with Crippen LogP contribution in [0.4, 0.5) is 5.82 Å². The molecule has 5 nitrogen and oxygen atoms in total. The highest BCUT2D eigenvalue weighted by molar-refractivity contribution is 7.11. The maximum Gasteiger partial charge on any atom is 0.150 e. The van der Waals surface area contributed by atoms with E-state index in [4.69, 9.17) is 4.74 Å². The maximum absolute atomic E-state index is 5.68. The molecule has 2 aromatic heterocycles. The van der Waals surface area contributed by atoms with Crippen molar-refractivity contribution in [1.82, 2.24) is 14.9 Å². The zero-order valence-corrected chi connectivity index (χ0v) is 14.1. The molecule has 0 aliphatic carbocycles. The molecule has 3 heterocycles. The van der Waals surface area contributed by atoms with Crippen LogP contribution in [-0.4, -0.2) is 41.7 Å². The van der Waals surface area contributed by atoms with Gasteiger partial charge in [-0.2, -0.15) is 0 Å². The largest absolute Gasteiger partial charge is 0.378 e. The van der Waals surface area contributed by atoms with Crippen LogP contribution in [0.1, 0.15) is 27.3 Å². The van der Waals surface area contributed by atoms with Crippen LogP contribution >= 0.6 is 11.3 Å². The molecular formula is C16H22N4OS. The van der Waals surface area contributed by atoms with Crippen LogP contribution in [0.25, 0.3) is 0 Å². The van der Waals surface area contributed by atoms with Gasteiger partial charge in [-0.3, -0.25) is 4.90 Å². The van der Waals surface area contributed by atoms with E-state index in [1.807, 2.05) is 31.4 Å². The standard InChI is InChI=1S/C16H22N4OS/c1-11-8-15(17-3)19-16(18-11)14-10-21-7-6-20(14)9-13-5-4-12(2)22-13/h4-5,8,14H,6-7,9-10H2,1-3H3,(H,17,18,19)/t14-/m0/s1. The molecule has 0 aromatic carbocycles. The van der Waals surface area contributed by atoms with Crippen molar-refractivity contribution in [2.75, 3.05) is 32.1 Å². The van der Waals surface area contributed by atoms with Crippen molar-refractivity contribution >= 4 is 17.2 Å². The van der Waals surface area contributed by atoms with E-state index in [1.165, 1.54) is 9.75 Å². The first-order valence-electron chi connectivity index (χ1n) is 7.56. The quantitative estimate of drug-likeness (QED) is 0.939. The molecule has 1 aliphatic heterocycles. The summed E-state index contributed by atoms with van der Waals surface area (Å²) < 4.78 is 5.68. The minimum absolute atomic E-state index is 0.114. The summed E-state index contributed by atoms with van der Waals surface area (Å²) in [5.74, 6) is 1.71. The van der Waals surface area contributed by atoms with Gasteiger partial charge in [0.25, 0.3) is 0 Å². The Morgan fingerprint density at radius 1 is 1.36 bits per heavy atom. The summed E-state index contributed by atoms with van der Waals surface area (Å²) in [5, 5.41) is 3.11. The van der Waals surface area contributed by atoms with Gasteiger partial charge < -0.3 is 10.1 Å². The van der Waals surface area contributed by atoms with Gasteiger partial charge in [0.15, 0.2) is 0 Å². The Kier molecular flexibility index (Phi) is 4.71. The topological polar surface area (TPSA) is 50.3 Å². The van der Waals surface area contributed by atoms with Crippen molar-refractivity contribution in [3.8, 4) is 0 Å². The number of aromatic nitrogens is 2. The Balaban J connectivity index is 1.84. The van der Waals surface area contributed by atoms with Crippen LogP contribution in [0, 0.1) is 13.8 Å². The Morgan fingerprint density at radius 3 is 2.95 bits per heavy atom. The fourth-order valence-electron chi connectivity index (χ4n) is 2.70. The van der Waals surface area contributed by atoms with Gasteiger partial charge in [0.1, 0.15) is 11.6 Å². The molecule has 0 amide bonds. The highest BCUT2D eigenvalue weighted by Crippen LogP contribution is 2.27. The van der Waals surface area contributed by atoms with E-state index in [1.54, 1.807) is 0 Å². The number of thiophene rings is 1. The molecule has 2 aromatic rings. The van der Waals surface area contributed by atoms with Crippen molar-refractivity contribution in [3.63, 3.8) is 0 Å². The molecule has 3 rings (SSSR count). The van der Waals surface area contributed by atoms with E-state index in [0.29, 0.717) is 6.61 Å². The number of nitrogens with zero attached hydrogens (tertiary/aromatic N) is 3. The summed E-state index contributed by atoms with van der Waals surface area (Å²) >= 11 is 1.85. The Labute approximate surface area is 135 Å². The van der Waals surface area contributed by atoms with Gasteiger partial charge in [0.05, 0.1) is 19.3 Å². The minimum Gasteiger partial charge on any atom is -0.378 e. The van der Waals surface area contributed by atoms with E-state index in [2.05, 4.69) is 39.2 Å². The second kappa shape index (κ2) is 6.73. The average Bonchev–Trinajstić information content (AvgIpc) is 2.92. The fraction of sp³-hybridized carbons (Fsp3) is 0.500. The summed E-state index contributed by atoms with van der Waals surface area (Å²) in [6, 6.07) is 6.46. The number of hydrogen-bond acceptors (Lipinski definition) is 6. The van der Waals surface area contributed by atoms with Gasteiger partial charge >= 0.3 is 0 Å². The summed E-state index contributed by atoms with van der Waals surface area (Å²) in [4.78, 5) is 14.4. The molecule has 1 saturated heterocycles. The molecule has 1 aliphatic rings. The number of ether oxygens (including phenoxy) is 1. The van der Waals surface area contributed by atoms with Gasteiger partial charge in [0, 0.05) is 41.7 Å². The molecule has 0 radical (unpaired) electrons. The number of aryl methyl sites for hydroxylation is 2. The molecule has 0 unspecified atom stereocenters. The number of hydrogen-bond donors (Lipinski definition) is 1. The van der Waals surface area contributed by atoms with E-state index in [9.17, 15) is 0 Å². The van der Waals surface area contributed by atoms with Crippen molar-refractivity contribution in [2.45, 2.75) is 26.4 Å². The maximum atomic E-state index is 5.68. The van der Waals surface area contributed by atoms with Gasteiger partial charge in [-0.25, -0.2) is 9.97 Å². The first-order valence-corrected chi connectivity index (χ1v) is 8.38. The molecule has 1 N–H and O–H groups in total. The molecule has 0 bridgehead atoms. The molecule has 1 fully saturated rings. The zero-order valence-electron chi connectivity index (χ0n) is 13.3. The predicted octanol–water partition coefficient (Wildman–Crippen LogP) is 2.77. The van der Waals surface area contributed by atoms with E-state index in [0.717, 1.165) is 37.0 Å². The molecule has 6 heteroatoms. The van der Waals surface area contributed by atoms with Crippen LogP contribution < -0.4 is 5.32 Å². The monoisotopic (exact) mass is 318 g/mol. The van der Waals surface area contributed by atoms with Crippen LogP contribution in [0.3, 0.4) is 0 Å². The normalized spacial score (nSPS) is 19.3. The molecule has 0 spiro atoms. The average molecular weight is 318 g/mol. The van der Waals surface area contributed by atoms with Crippen LogP contribution in [0.15, 0.2) is 18.2 Å². The van der Waals surface area contributed by atoms with Crippen LogP contribution in [-0.2, 0) is 11.3 Å². The molecule has 118 valence electrons. The fourth-order valence-corrected chi connectivity index (χ4v) is 3.62. The van der Waals surface area contributed by atoms with E-state index < -0.39 is 0 Å². The third-order valence-corrected chi connectivity index (χ3v) is 4.81. The molecule has 0 saturated carbocycles. The smallest absolute Gasteiger partial charge is 0.150 e. The lowest BCUT2D eigenvalue weighted by Gasteiger charge is -2.34. The summed E-state index contributed by atoms with van der Waals surface area (Å²) in [6.07, 6.45) is 0. The molecule has 22 heavy (non-hydrogen) atoms. The van der Waals surface area contributed by atoms with Gasteiger partial charge in [-0.15, -0.1) is 11.3 Å². The Morgan fingerprint density at radius 2 is 2.23 bits per heavy atom. The lowest BCUT2D eigenvalue weighted by molar-refractivity contribution is -0.0154. The van der Waals surface area contributed by atoms with Gasteiger partial charge in [-0.1, -0.05) is 0 Å². The highest BCUT2D eigenvalue weighted by atomic mass is 32.1. The van der Waals surface area contributed by atoms with Crippen molar-refractivity contribution in [3.05, 3.63) is 39.5 Å².